The summed E-state index contributed by atoms with van der Waals surface area (Å²) in [6, 6.07) is 12.1. The smallest absolute Gasteiger partial charge is 0.134 e. The first-order valence-electron chi connectivity index (χ1n) is 5.91. The fraction of sp³-hybridized carbons (Fsp3) is 0.267. The number of Topliss-reactive ketones (excluding diaryl/α,β-unsaturated/α-hetero) is 1. The first-order chi connectivity index (χ1) is 8.58. The summed E-state index contributed by atoms with van der Waals surface area (Å²) in [5.41, 5.74) is 0. The Bertz CT molecular complexity index is 578. The van der Waals surface area contributed by atoms with Crippen LogP contribution in [0.1, 0.15) is 20.3 Å². The number of halogens is 1. The maximum atomic E-state index is 11.0. The van der Waals surface area contributed by atoms with Crippen LogP contribution in [0.15, 0.2) is 40.9 Å². The molecule has 0 spiro atoms. The maximum Gasteiger partial charge on any atom is 0.134 e. The highest BCUT2D eigenvalue weighted by Crippen LogP contribution is 2.33. The molecule has 0 aromatic heterocycles. The molecule has 0 bridgehead atoms. The van der Waals surface area contributed by atoms with Crippen LogP contribution in [0, 0.1) is 0 Å². The van der Waals surface area contributed by atoms with E-state index in [-0.39, 0.29) is 11.9 Å². The topological polar surface area (TPSA) is 26.3 Å². The zero-order valence-electron chi connectivity index (χ0n) is 10.4. The normalized spacial score (nSPS) is 12.4. The predicted octanol–water partition coefficient (Wildman–Crippen LogP) is 4.35. The van der Waals surface area contributed by atoms with Crippen molar-refractivity contribution in [3.63, 3.8) is 0 Å². The van der Waals surface area contributed by atoms with Crippen LogP contribution >= 0.6 is 15.9 Å². The minimum Gasteiger partial charge on any atom is -0.489 e. The van der Waals surface area contributed by atoms with Gasteiger partial charge in [-0.1, -0.05) is 30.3 Å². The summed E-state index contributed by atoms with van der Waals surface area (Å²) in [4.78, 5) is 11.0. The average Bonchev–Trinajstić information content (AvgIpc) is 2.32. The molecule has 0 radical (unpaired) electrons. The molecule has 0 aliphatic rings. The number of hydrogen-bond donors (Lipinski definition) is 0. The van der Waals surface area contributed by atoms with Crippen molar-refractivity contribution < 1.29 is 9.53 Å². The minimum atomic E-state index is -0.111. The molecule has 2 aromatic carbocycles. The van der Waals surface area contributed by atoms with Crippen LogP contribution in [-0.4, -0.2) is 11.9 Å². The molecular formula is C15H15BrO2. The molecule has 0 aliphatic heterocycles. The first-order valence-corrected chi connectivity index (χ1v) is 6.70. The monoisotopic (exact) mass is 306 g/mol. The molecule has 2 rings (SSSR count). The van der Waals surface area contributed by atoms with Gasteiger partial charge in [0.25, 0.3) is 0 Å². The van der Waals surface area contributed by atoms with Crippen LogP contribution in [0.3, 0.4) is 0 Å². The van der Waals surface area contributed by atoms with E-state index in [1.165, 1.54) is 0 Å². The molecule has 0 N–H and O–H groups in total. The van der Waals surface area contributed by atoms with E-state index in [9.17, 15) is 4.79 Å². The van der Waals surface area contributed by atoms with Gasteiger partial charge in [-0.15, -0.1) is 0 Å². The van der Waals surface area contributed by atoms with Gasteiger partial charge < -0.3 is 4.74 Å². The fourth-order valence-electron chi connectivity index (χ4n) is 1.97. The molecule has 18 heavy (non-hydrogen) atoms. The molecule has 0 saturated heterocycles. The van der Waals surface area contributed by atoms with Crippen molar-refractivity contribution in [3.05, 3.63) is 40.9 Å². The number of carbonyl (C=O) groups excluding carboxylic acids is 1. The van der Waals surface area contributed by atoms with Crippen molar-refractivity contribution in [2.45, 2.75) is 26.4 Å². The van der Waals surface area contributed by atoms with Gasteiger partial charge in [-0.25, -0.2) is 0 Å². The van der Waals surface area contributed by atoms with E-state index in [1.54, 1.807) is 6.92 Å². The molecule has 94 valence electrons. The number of carbonyl (C=O) groups is 1. The van der Waals surface area contributed by atoms with Crippen molar-refractivity contribution in [3.8, 4) is 5.75 Å². The highest BCUT2D eigenvalue weighted by atomic mass is 79.9. The van der Waals surface area contributed by atoms with E-state index in [0.29, 0.717) is 6.42 Å². The molecular weight excluding hydrogens is 292 g/mol. The van der Waals surface area contributed by atoms with Gasteiger partial charge in [0, 0.05) is 6.42 Å². The summed E-state index contributed by atoms with van der Waals surface area (Å²) in [5, 5.41) is 2.28. The van der Waals surface area contributed by atoms with Crippen molar-refractivity contribution in [1.82, 2.24) is 0 Å². The maximum absolute atomic E-state index is 11.0. The van der Waals surface area contributed by atoms with Gasteiger partial charge in [0.2, 0.25) is 0 Å². The number of ether oxygens (including phenoxy) is 1. The lowest BCUT2D eigenvalue weighted by Crippen LogP contribution is -2.15. The predicted molar refractivity (Wildman–Crippen MR) is 77.0 cm³/mol. The number of benzene rings is 2. The van der Waals surface area contributed by atoms with Crippen LogP contribution < -0.4 is 4.74 Å². The molecule has 0 saturated carbocycles. The second-order valence-corrected chi connectivity index (χ2v) is 5.23. The molecule has 1 atom stereocenters. The Hall–Kier alpha value is -1.35. The standard InChI is InChI=1S/C15H15BrO2/c1-10(17)9-11(2)18-14-8-7-12-5-3-4-6-13(12)15(14)16/h3-8,11H,9H2,1-2H3. The molecule has 3 heteroatoms. The highest BCUT2D eigenvalue weighted by Gasteiger charge is 2.11. The summed E-state index contributed by atoms with van der Waals surface area (Å²) < 4.78 is 6.74. The molecule has 0 fully saturated rings. The van der Waals surface area contributed by atoms with Crippen molar-refractivity contribution in [2.75, 3.05) is 0 Å². The van der Waals surface area contributed by atoms with Crippen LogP contribution in [0.4, 0.5) is 0 Å². The van der Waals surface area contributed by atoms with E-state index in [1.807, 2.05) is 37.3 Å². The van der Waals surface area contributed by atoms with E-state index < -0.39 is 0 Å². The molecule has 2 nitrogen and oxygen atoms in total. The quantitative estimate of drug-likeness (QED) is 0.839. The number of ketones is 1. The fourth-order valence-corrected chi connectivity index (χ4v) is 2.55. The Morgan fingerprint density at radius 2 is 2.00 bits per heavy atom. The molecule has 2 aromatic rings. The third-order valence-corrected chi connectivity index (χ3v) is 3.55. The largest absolute Gasteiger partial charge is 0.489 e. The number of rotatable bonds is 4. The van der Waals surface area contributed by atoms with Gasteiger partial charge in [-0.3, -0.25) is 4.79 Å². The lowest BCUT2D eigenvalue weighted by Gasteiger charge is -2.15. The number of hydrogen-bond acceptors (Lipinski definition) is 2. The minimum absolute atomic E-state index is 0.111. The van der Waals surface area contributed by atoms with Crippen LogP contribution in [0.2, 0.25) is 0 Å². The SMILES string of the molecule is CC(=O)CC(C)Oc1ccc2ccccc2c1Br. The average molecular weight is 307 g/mol. The van der Waals surface area contributed by atoms with Gasteiger partial charge in [-0.2, -0.15) is 0 Å². The van der Waals surface area contributed by atoms with Gasteiger partial charge in [0.05, 0.1) is 4.47 Å². The van der Waals surface area contributed by atoms with Gasteiger partial charge in [0.15, 0.2) is 0 Å². The molecule has 0 heterocycles. The Labute approximate surface area is 115 Å². The van der Waals surface area contributed by atoms with Crippen LogP contribution in [0.5, 0.6) is 5.75 Å². The Balaban J connectivity index is 2.29. The summed E-state index contributed by atoms with van der Waals surface area (Å²) in [7, 11) is 0. The Morgan fingerprint density at radius 3 is 2.72 bits per heavy atom. The highest BCUT2D eigenvalue weighted by molar-refractivity contribution is 9.10. The summed E-state index contributed by atoms with van der Waals surface area (Å²) in [6.45, 7) is 3.48. The second kappa shape index (κ2) is 5.53. The summed E-state index contributed by atoms with van der Waals surface area (Å²) >= 11 is 3.57. The van der Waals surface area contributed by atoms with Crippen molar-refractivity contribution in [2.24, 2.45) is 0 Å². The molecule has 0 aliphatic carbocycles. The third-order valence-electron chi connectivity index (χ3n) is 2.73. The van der Waals surface area contributed by atoms with Gasteiger partial charge in [0.1, 0.15) is 17.6 Å². The zero-order chi connectivity index (χ0) is 13.1. The van der Waals surface area contributed by atoms with E-state index in [4.69, 9.17) is 4.74 Å². The van der Waals surface area contributed by atoms with E-state index >= 15 is 0 Å². The Morgan fingerprint density at radius 1 is 1.28 bits per heavy atom. The lowest BCUT2D eigenvalue weighted by atomic mass is 10.1. The van der Waals surface area contributed by atoms with Gasteiger partial charge >= 0.3 is 0 Å². The lowest BCUT2D eigenvalue weighted by molar-refractivity contribution is -0.118. The molecule has 0 amide bonds. The van der Waals surface area contributed by atoms with Crippen molar-refractivity contribution >= 4 is 32.5 Å². The first kappa shape index (κ1) is 13.1. The molecule has 1 unspecified atom stereocenters. The Kier molecular flexibility index (Phi) is 4.02. The van der Waals surface area contributed by atoms with Gasteiger partial charge in [-0.05, 0) is 46.6 Å². The zero-order valence-corrected chi connectivity index (χ0v) is 12.0. The van der Waals surface area contributed by atoms with Crippen molar-refractivity contribution in [1.29, 1.82) is 0 Å². The number of fused-ring (bicyclic) bond motifs is 1. The second-order valence-electron chi connectivity index (χ2n) is 4.43. The van der Waals surface area contributed by atoms with E-state index in [2.05, 4.69) is 22.0 Å². The van der Waals surface area contributed by atoms with Crippen LogP contribution in [-0.2, 0) is 4.79 Å². The summed E-state index contributed by atoms with van der Waals surface area (Å²) in [6.07, 6.45) is 0.319. The summed E-state index contributed by atoms with van der Waals surface area (Å²) in [5.74, 6) is 0.918. The van der Waals surface area contributed by atoms with E-state index in [0.717, 1.165) is 21.0 Å². The van der Waals surface area contributed by atoms with Crippen LogP contribution in [0.25, 0.3) is 10.8 Å². The third kappa shape index (κ3) is 2.91.